The summed E-state index contributed by atoms with van der Waals surface area (Å²) >= 11 is 7.06. The van der Waals surface area contributed by atoms with Gasteiger partial charge in [-0.25, -0.2) is 0 Å². The van der Waals surface area contributed by atoms with E-state index in [0.29, 0.717) is 17.3 Å². The maximum Gasteiger partial charge on any atom is 0.264 e. The van der Waals surface area contributed by atoms with Crippen molar-refractivity contribution in [1.82, 2.24) is 14.9 Å². The van der Waals surface area contributed by atoms with Crippen LogP contribution >= 0.6 is 23.1 Å². The Kier molecular flexibility index (Phi) is 5.15. The molecule has 1 aromatic rings. The van der Waals surface area contributed by atoms with Gasteiger partial charge in [0.1, 0.15) is 4.88 Å². The summed E-state index contributed by atoms with van der Waals surface area (Å²) in [5.41, 5.74) is -0.00463. The number of amides is 1. The first-order valence-electron chi connectivity index (χ1n) is 5.29. The SMILES string of the molecule is CCC(CC)(CCl)CNC(=O)c1cnns1. The molecular formula is C10H16ClN3OS. The second-order valence-corrected chi connectivity index (χ2v) is 4.86. The first-order chi connectivity index (χ1) is 7.67. The van der Waals surface area contributed by atoms with Gasteiger partial charge < -0.3 is 5.32 Å². The van der Waals surface area contributed by atoms with Gasteiger partial charge in [0.05, 0.1) is 6.20 Å². The number of nitrogens with zero attached hydrogens (tertiary/aromatic N) is 2. The zero-order valence-electron chi connectivity index (χ0n) is 9.49. The van der Waals surface area contributed by atoms with Crippen molar-refractivity contribution in [3.8, 4) is 0 Å². The monoisotopic (exact) mass is 261 g/mol. The highest BCUT2D eigenvalue weighted by Gasteiger charge is 2.26. The molecule has 0 radical (unpaired) electrons. The molecule has 0 aliphatic carbocycles. The maximum absolute atomic E-state index is 11.7. The van der Waals surface area contributed by atoms with E-state index in [2.05, 4.69) is 28.8 Å². The Bertz CT molecular complexity index is 317. The summed E-state index contributed by atoms with van der Waals surface area (Å²) in [5.74, 6) is 0.438. The van der Waals surface area contributed by atoms with Gasteiger partial charge in [-0.3, -0.25) is 4.79 Å². The van der Waals surface area contributed by atoms with Crippen LogP contribution in [0.15, 0.2) is 6.20 Å². The van der Waals surface area contributed by atoms with E-state index < -0.39 is 0 Å². The van der Waals surface area contributed by atoms with Crippen LogP contribution in [-0.4, -0.2) is 27.9 Å². The third-order valence-corrected chi connectivity index (χ3v) is 4.22. The molecule has 1 aromatic heterocycles. The third kappa shape index (κ3) is 3.15. The molecule has 0 bridgehead atoms. The van der Waals surface area contributed by atoms with Gasteiger partial charge in [-0.2, -0.15) is 0 Å². The summed E-state index contributed by atoms with van der Waals surface area (Å²) in [6, 6.07) is 0. The lowest BCUT2D eigenvalue weighted by Crippen LogP contribution is -2.38. The van der Waals surface area contributed by atoms with E-state index in [4.69, 9.17) is 11.6 Å². The van der Waals surface area contributed by atoms with Gasteiger partial charge in [-0.15, -0.1) is 16.7 Å². The number of carbonyl (C=O) groups excluding carboxylic acids is 1. The molecule has 1 amide bonds. The summed E-state index contributed by atoms with van der Waals surface area (Å²) in [5, 5.41) is 6.52. The molecule has 90 valence electrons. The van der Waals surface area contributed by atoms with Crippen LogP contribution in [0.25, 0.3) is 0 Å². The Labute approximate surface area is 105 Å². The van der Waals surface area contributed by atoms with Crippen LogP contribution in [0.2, 0.25) is 0 Å². The first kappa shape index (κ1) is 13.4. The van der Waals surface area contributed by atoms with E-state index in [9.17, 15) is 4.79 Å². The molecule has 0 atom stereocenters. The number of alkyl halides is 1. The molecule has 1 rings (SSSR count). The molecule has 0 unspecified atom stereocenters. The molecule has 4 nitrogen and oxygen atoms in total. The van der Waals surface area contributed by atoms with Crippen molar-refractivity contribution >= 4 is 29.0 Å². The van der Waals surface area contributed by atoms with Crippen LogP contribution in [-0.2, 0) is 0 Å². The topological polar surface area (TPSA) is 54.9 Å². The number of rotatable bonds is 6. The average molecular weight is 262 g/mol. The number of carbonyl (C=O) groups is 1. The van der Waals surface area contributed by atoms with Crippen LogP contribution in [0.3, 0.4) is 0 Å². The van der Waals surface area contributed by atoms with Crippen molar-refractivity contribution in [2.24, 2.45) is 5.41 Å². The van der Waals surface area contributed by atoms with Crippen molar-refractivity contribution in [1.29, 1.82) is 0 Å². The molecule has 16 heavy (non-hydrogen) atoms. The number of aromatic nitrogens is 2. The Balaban J connectivity index is 2.53. The van der Waals surface area contributed by atoms with Crippen molar-refractivity contribution in [2.75, 3.05) is 12.4 Å². The Morgan fingerprint density at radius 3 is 2.69 bits per heavy atom. The van der Waals surface area contributed by atoms with E-state index in [-0.39, 0.29) is 11.3 Å². The highest BCUT2D eigenvalue weighted by atomic mass is 35.5. The summed E-state index contributed by atoms with van der Waals surface area (Å²) < 4.78 is 3.65. The van der Waals surface area contributed by atoms with Crippen LogP contribution in [0.5, 0.6) is 0 Å². The average Bonchev–Trinajstić information content (AvgIpc) is 2.85. The minimum absolute atomic E-state index is 0.00463. The quantitative estimate of drug-likeness (QED) is 0.800. The highest BCUT2D eigenvalue weighted by Crippen LogP contribution is 2.27. The van der Waals surface area contributed by atoms with Crippen molar-refractivity contribution in [3.63, 3.8) is 0 Å². The maximum atomic E-state index is 11.7. The van der Waals surface area contributed by atoms with Crippen molar-refractivity contribution < 1.29 is 4.79 Å². The van der Waals surface area contributed by atoms with Gasteiger partial charge in [-0.1, -0.05) is 18.3 Å². The highest BCUT2D eigenvalue weighted by molar-refractivity contribution is 7.07. The van der Waals surface area contributed by atoms with Crippen LogP contribution < -0.4 is 5.32 Å². The summed E-state index contributed by atoms with van der Waals surface area (Å²) in [6.07, 6.45) is 3.38. The van der Waals surface area contributed by atoms with Gasteiger partial charge in [0.15, 0.2) is 0 Å². The largest absolute Gasteiger partial charge is 0.351 e. The molecule has 0 aliphatic rings. The standard InChI is InChI=1S/C10H16ClN3OS/c1-3-10(4-2,6-11)7-12-9(15)8-5-13-14-16-8/h5H,3-4,6-7H2,1-2H3,(H,12,15). The smallest absolute Gasteiger partial charge is 0.264 e. The minimum Gasteiger partial charge on any atom is -0.351 e. The van der Waals surface area contributed by atoms with Gasteiger partial charge in [0.25, 0.3) is 5.91 Å². The lowest BCUT2D eigenvalue weighted by Gasteiger charge is -2.29. The fourth-order valence-electron chi connectivity index (χ4n) is 1.36. The van der Waals surface area contributed by atoms with Crippen LogP contribution in [0.1, 0.15) is 36.4 Å². The van der Waals surface area contributed by atoms with E-state index in [1.54, 1.807) is 0 Å². The predicted molar refractivity (Wildman–Crippen MR) is 66.0 cm³/mol. The zero-order valence-corrected chi connectivity index (χ0v) is 11.1. The molecule has 6 heteroatoms. The Morgan fingerprint density at radius 2 is 2.25 bits per heavy atom. The molecule has 0 saturated heterocycles. The molecule has 0 spiro atoms. The number of nitrogens with one attached hydrogen (secondary N) is 1. The van der Waals surface area contributed by atoms with Gasteiger partial charge in [0.2, 0.25) is 0 Å². The number of hydrogen-bond donors (Lipinski definition) is 1. The van der Waals surface area contributed by atoms with E-state index >= 15 is 0 Å². The molecule has 0 saturated carbocycles. The van der Waals surface area contributed by atoms with Gasteiger partial charge in [-0.05, 0) is 24.4 Å². The van der Waals surface area contributed by atoms with Crippen molar-refractivity contribution in [2.45, 2.75) is 26.7 Å². The van der Waals surface area contributed by atoms with Crippen molar-refractivity contribution in [3.05, 3.63) is 11.1 Å². The van der Waals surface area contributed by atoms with Crippen LogP contribution in [0.4, 0.5) is 0 Å². The fraction of sp³-hybridized carbons (Fsp3) is 0.700. The van der Waals surface area contributed by atoms with Crippen LogP contribution in [0, 0.1) is 5.41 Å². The molecule has 1 heterocycles. The number of hydrogen-bond acceptors (Lipinski definition) is 4. The molecule has 0 fully saturated rings. The molecule has 0 aliphatic heterocycles. The lowest BCUT2D eigenvalue weighted by atomic mass is 9.84. The normalized spacial score (nSPS) is 11.4. The minimum atomic E-state index is -0.119. The lowest BCUT2D eigenvalue weighted by molar-refractivity contribution is 0.0935. The second-order valence-electron chi connectivity index (χ2n) is 3.81. The van der Waals surface area contributed by atoms with E-state index in [1.165, 1.54) is 6.20 Å². The summed E-state index contributed by atoms with van der Waals surface area (Å²) in [6.45, 7) is 4.78. The summed E-state index contributed by atoms with van der Waals surface area (Å²) in [7, 11) is 0. The fourth-order valence-corrected chi connectivity index (χ4v) is 2.26. The molecular weight excluding hydrogens is 246 g/mol. The third-order valence-electron chi connectivity index (χ3n) is 2.99. The van der Waals surface area contributed by atoms with E-state index in [0.717, 1.165) is 24.4 Å². The second kappa shape index (κ2) is 6.15. The first-order valence-corrected chi connectivity index (χ1v) is 6.59. The Hall–Kier alpha value is -0.680. The van der Waals surface area contributed by atoms with Gasteiger partial charge >= 0.3 is 0 Å². The molecule has 1 N–H and O–H groups in total. The number of halogens is 1. The Morgan fingerprint density at radius 1 is 1.56 bits per heavy atom. The predicted octanol–water partition coefficient (Wildman–Crippen LogP) is 2.31. The zero-order chi connectivity index (χ0) is 12.0. The van der Waals surface area contributed by atoms with E-state index in [1.807, 2.05) is 0 Å². The molecule has 0 aromatic carbocycles. The summed E-state index contributed by atoms with van der Waals surface area (Å²) in [4.78, 5) is 12.2. The van der Waals surface area contributed by atoms with Gasteiger partial charge in [0, 0.05) is 17.8 Å².